The number of allylic oxidation sites excluding steroid dienone is 1. The molecule has 0 amide bonds. The average molecular weight is 459 g/mol. The smallest absolute Gasteiger partial charge is 0.306 e. The number of rotatable bonds is 7. The fourth-order valence-electron chi connectivity index (χ4n) is 8.50. The van der Waals surface area contributed by atoms with E-state index in [0.29, 0.717) is 42.4 Å². The van der Waals surface area contributed by atoms with Crippen LogP contribution in [0, 0.1) is 40.4 Å². The number of esters is 1. The highest BCUT2D eigenvalue weighted by Gasteiger charge is 2.60. The standard InChI is InChI=1S/C28H42O5/c1-17(2)33-25(32)10-5-18-15-20-16-21(29)11-13-28(20,4)23-12-14-27(3)19(7-9-24(30)31)6-8-22(27)26(18)23/h16-19,22-23,26H,5-15H2,1-4H3,(H,30,31)/t18-,19+,22+,23+,26+,27-,28+/m1/s1. The maximum absolute atomic E-state index is 12.4. The quantitative estimate of drug-likeness (QED) is 0.476. The molecule has 4 rings (SSSR count). The molecule has 0 aromatic heterocycles. The van der Waals surface area contributed by atoms with Gasteiger partial charge in [0.25, 0.3) is 0 Å². The third-order valence-electron chi connectivity index (χ3n) is 10.1. The highest BCUT2D eigenvalue weighted by molar-refractivity contribution is 5.91. The van der Waals surface area contributed by atoms with E-state index in [9.17, 15) is 19.5 Å². The van der Waals surface area contributed by atoms with Crippen molar-refractivity contribution in [3.63, 3.8) is 0 Å². The topological polar surface area (TPSA) is 80.7 Å². The van der Waals surface area contributed by atoms with E-state index < -0.39 is 5.97 Å². The van der Waals surface area contributed by atoms with Gasteiger partial charge in [-0.05, 0) is 112 Å². The van der Waals surface area contributed by atoms with Gasteiger partial charge < -0.3 is 9.84 Å². The van der Waals surface area contributed by atoms with Gasteiger partial charge in [0.1, 0.15) is 0 Å². The predicted molar refractivity (Wildman–Crippen MR) is 126 cm³/mol. The molecule has 4 aliphatic rings. The van der Waals surface area contributed by atoms with Crippen LogP contribution in [-0.2, 0) is 19.1 Å². The van der Waals surface area contributed by atoms with Crippen molar-refractivity contribution in [3.05, 3.63) is 11.6 Å². The van der Waals surface area contributed by atoms with Crippen molar-refractivity contribution < 1.29 is 24.2 Å². The van der Waals surface area contributed by atoms with Crippen molar-refractivity contribution >= 4 is 17.7 Å². The molecular weight excluding hydrogens is 416 g/mol. The normalized spacial score (nSPS) is 40.0. The van der Waals surface area contributed by atoms with Gasteiger partial charge in [0.2, 0.25) is 0 Å². The summed E-state index contributed by atoms with van der Waals surface area (Å²) < 4.78 is 5.44. The summed E-state index contributed by atoms with van der Waals surface area (Å²) in [5.41, 5.74) is 1.61. The van der Waals surface area contributed by atoms with Gasteiger partial charge in [0.15, 0.2) is 5.78 Å². The zero-order chi connectivity index (χ0) is 24.0. The molecule has 5 heteroatoms. The van der Waals surface area contributed by atoms with Crippen LogP contribution in [0.5, 0.6) is 0 Å². The van der Waals surface area contributed by atoms with Crippen LogP contribution in [0.15, 0.2) is 11.6 Å². The van der Waals surface area contributed by atoms with Gasteiger partial charge in [-0.3, -0.25) is 14.4 Å². The third kappa shape index (κ3) is 4.53. The van der Waals surface area contributed by atoms with Crippen molar-refractivity contribution in [1.82, 2.24) is 0 Å². The van der Waals surface area contributed by atoms with Crippen molar-refractivity contribution in [2.45, 2.75) is 104 Å². The van der Waals surface area contributed by atoms with Crippen molar-refractivity contribution in [3.8, 4) is 0 Å². The molecule has 0 aliphatic heterocycles. The Labute approximate surface area is 198 Å². The Morgan fingerprint density at radius 1 is 1.09 bits per heavy atom. The maximum atomic E-state index is 12.4. The minimum atomic E-state index is -0.691. The van der Waals surface area contributed by atoms with Gasteiger partial charge in [-0.25, -0.2) is 0 Å². The largest absolute Gasteiger partial charge is 0.481 e. The first-order valence-electron chi connectivity index (χ1n) is 13.2. The molecule has 33 heavy (non-hydrogen) atoms. The molecule has 0 saturated heterocycles. The van der Waals surface area contributed by atoms with Gasteiger partial charge in [0, 0.05) is 19.3 Å². The summed E-state index contributed by atoms with van der Waals surface area (Å²) in [7, 11) is 0. The number of carboxylic acids is 1. The van der Waals surface area contributed by atoms with E-state index in [0.717, 1.165) is 44.9 Å². The van der Waals surface area contributed by atoms with Crippen LogP contribution in [0.25, 0.3) is 0 Å². The van der Waals surface area contributed by atoms with Crippen molar-refractivity contribution in [1.29, 1.82) is 0 Å². The Kier molecular flexibility index (Phi) is 6.81. The van der Waals surface area contributed by atoms with E-state index in [-0.39, 0.29) is 35.1 Å². The molecule has 0 radical (unpaired) electrons. The molecule has 3 saturated carbocycles. The first kappa shape index (κ1) is 24.5. The zero-order valence-electron chi connectivity index (χ0n) is 20.9. The number of fused-ring (bicyclic) bond motifs is 5. The second-order valence-corrected chi connectivity index (χ2v) is 12.1. The van der Waals surface area contributed by atoms with E-state index in [2.05, 4.69) is 13.8 Å². The minimum absolute atomic E-state index is 0.0913. The Morgan fingerprint density at radius 3 is 2.55 bits per heavy atom. The highest BCUT2D eigenvalue weighted by Crippen LogP contribution is 2.68. The number of aliphatic carboxylic acids is 1. The lowest BCUT2D eigenvalue weighted by molar-refractivity contribution is -0.148. The van der Waals surface area contributed by atoms with Crippen LogP contribution < -0.4 is 0 Å². The molecule has 1 N–H and O–H groups in total. The van der Waals surface area contributed by atoms with E-state index in [1.165, 1.54) is 12.0 Å². The first-order valence-corrected chi connectivity index (χ1v) is 13.2. The summed E-state index contributed by atoms with van der Waals surface area (Å²) in [5.74, 6) is 1.99. The van der Waals surface area contributed by atoms with E-state index in [1.54, 1.807) is 0 Å². The second-order valence-electron chi connectivity index (χ2n) is 12.1. The van der Waals surface area contributed by atoms with Gasteiger partial charge in [-0.2, -0.15) is 0 Å². The zero-order valence-corrected chi connectivity index (χ0v) is 20.9. The lowest BCUT2D eigenvalue weighted by Crippen LogP contribution is -2.53. The molecule has 0 aromatic carbocycles. The summed E-state index contributed by atoms with van der Waals surface area (Å²) in [5, 5.41) is 9.27. The first-order chi connectivity index (χ1) is 15.5. The number of carbonyl (C=O) groups excluding carboxylic acids is 2. The number of hydrogen-bond donors (Lipinski definition) is 1. The van der Waals surface area contributed by atoms with Gasteiger partial charge >= 0.3 is 11.9 Å². The maximum Gasteiger partial charge on any atom is 0.306 e. The Balaban J connectivity index is 1.61. The molecule has 0 spiro atoms. The van der Waals surface area contributed by atoms with E-state index in [4.69, 9.17) is 4.74 Å². The second kappa shape index (κ2) is 9.19. The van der Waals surface area contributed by atoms with Crippen LogP contribution in [0.2, 0.25) is 0 Å². The molecule has 7 atom stereocenters. The van der Waals surface area contributed by atoms with Crippen LogP contribution in [0.3, 0.4) is 0 Å². The number of ketones is 1. The molecule has 0 bridgehead atoms. The van der Waals surface area contributed by atoms with Crippen molar-refractivity contribution in [2.24, 2.45) is 40.4 Å². The summed E-state index contributed by atoms with van der Waals surface area (Å²) in [4.78, 5) is 36.0. The SMILES string of the molecule is CC(C)OC(=O)CC[C@@H]1CC2=CC(=O)CC[C@]2(C)[C@H]2CC[C@]3(C)[C@H](CCC(=O)O)CC[C@H]3[C@H]12. The number of carbonyl (C=O) groups is 3. The monoisotopic (exact) mass is 458 g/mol. The summed E-state index contributed by atoms with van der Waals surface area (Å²) in [6, 6.07) is 0. The molecule has 5 nitrogen and oxygen atoms in total. The summed E-state index contributed by atoms with van der Waals surface area (Å²) in [6.07, 6.45) is 11.3. The van der Waals surface area contributed by atoms with Crippen molar-refractivity contribution in [2.75, 3.05) is 0 Å². The molecule has 184 valence electrons. The fraction of sp³-hybridized carbons (Fsp3) is 0.821. The molecule has 0 aromatic rings. The molecule has 3 fully saturated rings. The highest BCUT2D eigenvalue weighted by atomic mass is 16.5. The number of ether oxygens (including phenoxy) is 1. The molecule has 0 heterocycles. The minimum Gasteiger partial charge on any atom is -0.481 e. The van der Waals surface area contributed by atoms with Crippen LogP contribution in [0.4, 0.5) is 0 Å². The molecular formula is C28H42O5. The van der Waals surface area contributed by atoms with Gasteiger partial charge in [-0.15, -0.1) is 0 Å². The number of hydrogen-bond acceptors (Lipinski definition) is 4. The average Bonchev–Trinajstić information content (AvgIpc) is 3.07. The Bertz CT molecular complexity index is 828. The predicted octanol–water partition coefficient (Wildman–Crippen LogP) is 5.96. The lowest BCUT2D eigenvalue weighted by Gasteiger charge is -2.60. The Morgan fingerprint density at radius 2 is 1.85 bits per heavy atom. The van der Waals surface area contributed by atoms with E-state index >= 15 is 0 Å². The summed E-state index contributed by atoms with van der Waals surface area (Å²) in [6.45, 7) is 8.60. The van der Waals surface area contributed by atoms with E-state index in [1.807, 2.05) is 19.9 Å². The van der Waals surface area contributed by atoms with Crippen LogP contribution >= 0.6 is 0 Å². The third-order valence-corrected chi connectivity index (χ3v) is 10.1. The summed E-state index contributed by atoms with van der Waals surface area (Å²) >= 11 is 0. The molecule has 4 aliphatic carbocycles. The molecule has 0 unspecified atom stereocenters. The van der Waals surface area contributed by atoms with Crippen LogP contribution in [-0.4, -0.2) is 28.9 Å². The van der Waals surface area contributed by atoms with Gasteiger partial charge in [0.05, 0.1) is 6.10 Å². The fourth-order valence-corrected chi connectivity index (χ4v) is 8.50. The van der Waals surface area contributed by atoms with Gasteiger partial charge in [-0.1, -0.05) is 19.4 Å². The number of carboxylic acid groups (broad SMARTS) is 1. The Hall–Kier alpha value is -1.65. The lowest BCUT2D eigenvalue weighted by atomic mass is 9.44. The van der Waals surface area contributed by atoms with Crippen LogP contribution in [0.1, 0.15) is 98.3 Å².